The van der Waals surface area contributed by atoms with Crippen LogP contribution in [0.2, 0.25) is 0 Å². The number of benzene rings is 1. The molecule has 2 aliphatic heterocycles. The van der Waals surface area contributed by atoms with Gasteiger partial charge < -0.3 is 0 Å². The van der Waals surface area contributed by atoms with Gasteiger partial charge in [-0.2, -0.15) is 26.3 Å². The van der Waals surface area contributed by atoms with Gasteiger partial charge in [0.1, 0.15) is 0 Å². The third-order valence-electron chi connectivity index (χ3n) is 3.36. The summed E-state index contributed by atoms with van der Waals surface area (Å²) >= 11 is 0.301. The Bertz CT molecular complexity index is 807. The predicted octanol–water partition coefficient (Wildman–Crippen LogP) is 3.41. The van der Waals surface area contributed by atoms with E-state index >= 15 is 0 Å². The monoisotopic (exact) mass is 386 g/mol. The van der Waals surface area contributed by atoms with Gasteiger partial charge in [0.2, 0.25) is 0 Å². The molecule has 25 heavy (non-hydrogen) atoms. The van der Waals surface area contributed by atoms with Crippen molar-refractivity contribution in [2.24, 2.45) is 4.99 Å². The molecule has 0 spiro atoms. The van der Waals surface area contributed by atoms with Crippen LogP contribution >= 0.6 is 11.8 Å². The number of carbonyl (C=O) groups excluding carboxylic acids is 1. The van der Waals surface area contributed by atoms with Crippen molar-refractivity contribution in [3.8, 4) is 0 Å². The largest absolute Gasteiger partial charge is 0.441 e. The number of aliphatic imine (C=N–C) groups is 1. The van der Waals surface area contributed by atoms with Gasteiger partial charge in [0.05, 0.1) is 10.6 Å². The molecule has 0 radical (unpaired) electrons. The number of hydrogen-bond acceptors (Lipinski definition) is 5. The molecule has 0 saturated heterocycles. The number of urea groups is 1. The number of nitrogens with zero attached hydrogens (tertiary/aromatic N) is 3. The minimum absolute atomic E-state index is 0.0664. The highest BCUT2D eigenvalue weighted by Crippen LogP contribution is 2.50. The summed E-state index contributed by atoms with van der Waals surface area (Å²) in [6, 6.07) is 1.23. The molecule has 1 N–H and O–H groups in total. The van der Waals surface area contributed by atoms with E-state index in [1.807, 2.05) is 0 Å². The van der Waals surface area contributed by atoms with Crippen LogP contribution in [0.25, 0.3) is 0 Å². The first-order valence-electron chi connectivity index (χ1n) is 6.19. The zero-order valence-electron chi connectivity index (χ0n) is 11.5. The molecule has 0 aliphatic carbocycles. The van der Waals surface area contributed by atoms with E-state index in [1.165, 1.54) is 0 Å². The molecule has 0 aromatic heterocycles. The number of anilines is 1. The molecule has 14 heteroatoms. The van der Waals surface area contributed by atoms with Gasteiger partial charge in [-0.1, -0.05) is 0 Å². The summed E-state index contributed by atoms with van der Waals surface area (Å²) in [6.45, 7) is 0. The number of fused-ring (bicyclic) bond motifs is 3. The Hall–Kier alpha value is -2.51. The third-order valence-corrected chi connectivity index (χ3v) is 4.37. The summed E-state index contributed by atoms with van der Waals surface area (Å²) in [5.74, 6) is 0. The summed E-state index contributed by atoms with van der Waals surface area (Å²) in [5, 5.41) is 10.7. The zero-order valence-corrected chi connectivity index (χ0v) is 12.3. The van der Waals surface area contributed by atoms with Crippen molar-refractivity contribution in [1.82, 2.24) is 5.32 Å². The molecule has 2 amide bonds. The van der Waals surface area contributed by atoms with Crippen LogP contribution in [-0.2, 0) is 0 Å². The van der Waals surface area contributed by atoms with Gasteiger partial charge in [-0.3, -0.25) is 15.4 Å². The van der Waals surface area contributed by atoms with Crippen LogP contribution < -0.4 is 10.2 Å². The third kappa shape index (κ3) is 2.39. The van der Waals surface area contributed by atoms with Crippen molar-refractivity contribution >= 4 is 34.3 Å². The molecule has 2 heterocycles. The Labute approximate surface area is 137 Å². The Balaban J connectivity index is 2.15. The van der Waals surface area contributed by atoms with Crippen LogP contribution in [0.3, 0.4) is 0 Å². The summed E-state index contributed by atoms with van der Waals surface area (Å²) in [7, 11) is 0. The van der Waals surface area contributed by atoms with Gasteiger partial charge in [0.15, 0.2) is 5.17 Å². The van der Waals surface area contributed by atoms with Crippen LogP contribution in [-0.4, -0.2) is 34.1 Å². The number of halogens is 6. The molecule has 134 valence electrons. The van der Waals surface area contributed by atoms with Crippen molar-refractivity contribution in [2.75, 3.05) is 4.90 Å². The number of nitro groups is 1. The first-order chi connectivity index (χ1) is 11.4. The van der Waals surface area contributed by atoms with Gasteiger partial charge in [-0.05, 0) is 17.8 Å². The Morgan fingerprint density at radius 1 is 1.20 bits per heavy atom. The number of nitro benzene ring substituents is 1. The molecular weight excluding hydrogens is 382 g/mol. The molecule has 1 aromatic carbocycles. The molecule has 3 rings (SSSR count). The maximum absolute atomic E-state index is 13.1. The SMILES string of the molecule is O=C1NC(C(F)(F)F)(C(F)(F)F)N=C2Sc3cc([N+](=O)[O-])ccc3N12. The van der Waals surface area contributed by atoms with E-state index < -0.39 is 39.8 Å². The average Bonchev–Trinajstić information content (AvgIpc) is 2.82. The van der Waals surface area contributed by atoms with Gasteiger partial charge in [0, 0.05) is 17.0 Å². The Kier molecular flexibility index (Phi) is 3.46. The zero-order chi connectivity index (χ0) is 18.8. The summed E-state index contributed by atoms with van der Waals surface area (Å²) in [6.07, 6.45) is -11.9. The van der Waals surface area contributed by atoms with Gasteiger partial charge >= 0.3 is 24.0 Å². The number of hydrogen-bond donors (Lipinski definition) is 1. The number of thioether (sulfide) groups is 1. The topological polar surface area (TPSA) is 87.8 Å². The second-order valence-corrected chi connectivity index (χ2v) is 5.89. The second-order valence-electron chi connectivity index (χ2n) is 4.88. The first-order valence-corrected chi connectivity index (χ1v) is 7.01. The maximum Gasteiger partial charge on any atom is 0.441 e. The van der Waals surface area contributed by atoms with E-state index in [-0.39, 0.29) is 10.6 Å². The van der Waals surface area contributed by atoms with Crippen LogP contribution in [0.4, 0.5) is 42.5 Å². The first kappa shape index (κ1) is 17.3. The van der Waals surface area contributed by atoms with Crippen molar-refractivity contribution in [1.29, 1.82) is 0 Å². The van der Waals surface area contributed by atoms with Crippen LogP contribution in [0.1, 0.15) is 0 Å². The fraction of sp³-hybridized carbons (Fsp3) is 0.273. The minimum atomic E-state index is -5.94. The predicted molar refractivity (Wildman–Crippen MR) is 72.2 cm³/mol. The van der Waals surface area contributed by atoms with E-state index in [1.54, 1.807) is 0 Å². The maximum atomic E-state index is 13.1. The molecular formula is C11H4F6N4O3S. The smallest absolute Gasteiger partial charge is 0.297 e. The number of rotatable bonds is 1. The summed E-state index contributed by atoms with van der Waals surface area (Å²) in [5.41, 5.74) is -5.33. The lowest BCUT2D eigenvalue weighted by molar-refractivity contribution is -0.385. The minimum Gasteiger partial charge on any atom is -0.297 e. The number of non-ortho nitro benzene ring substituents is 1. The van der Waals surface area contributed by atoms with E-state index in [0.717, 1.165) is 23.5 Å². The molecule has 0 bridgehead atoms. The van der Waals surface area contributed by atoms with E-state index in [4.69, 9.17) is 0 Å². The van der Waals surface area contributed by atoms with Crippen molar-refractivity contribution in [3.63, 3.8) is 0 Å². The highest BCUT2D eigenvalue weighted by Gasteiger charge is 2.75. The fourth-order valence-corrected chi connectivity index (χ4v) is 3.31. The average molecular weight is 386 g/mol. The molecule has 7 nitrogen and oxygen atoms in total. The Morgan fingerprint density at radius 2 is 1.80 bits per heavy atom. The molecule has 0 unspecified atom stereocenters. The lowest BCUT2D eigenvalue weighted by Gasteiger charge is -2.39. The Morgan fingerprint density at radius 3 is 2.32 bits per heavy atom. The number of nitrogens with one attached hydrogen (secondary N) is 1. The van der Waals surface area contributed by atoms with Gasteiger partial charge in [0.25, 0.3) is 5.69 Å². The van der Waals surface area contributed by atoms with Gasteiger partial charge in [-0.15, -0.1) is 0 Å². The molecule has 0 saturated carbocycles. The number of carbonyl (C=O) groups is 1. The number of amidine groups is 1. The molecule has 1 aromatic rings. The molecule has 0 fully saturated rings. The van der Waals surface area contributed by atoms with Crippen molar-refractivity contribution in [2.45, 2.75) is 22.9 Å². The lowest BCUT2D eigenvalue weighted by atomic mass is 10.1. The molecule has 2 aliphatic rings. The molecule has 0 atom stereocenters. The quantitative estimate of drug-likeness (QED) is 0.455. The number of alkyl halides is 6. The lowest BCUT2D eigenvalue weighted by Crippen LogP contribution is -2.71. The van der Waals surface area contributed by atoms with Crippen LogP contribution in [0, 0.1) is 10.1 Å². The number of amides is 2. The van der Waals surface area contributed by atoms with Crippen LogP contribution in [0.5, 0.6) is 0 Å². The summed E-state index contributed by atoms with van der Waals surface area (Å²) in [4.78, 5) is 25.0. The van der Waals surface area contributed by atoms with Crippen LogP contribution in [0.15, 0.2) is 28.1 Å². The highest BCUT2D eigenvalue weighted by atomic mass is 32.2. The summed E-state index contributed by atoms with van der Waals surface area (Å²) < 4.78 is 78.4. The van der Waals surface area contributed by atoms with Crippen molar-refractivity contribution in [3.05, 3.63) is 28.3 Å². The van der Waals surface area contributed by atoms with E-state index in [9.17, 15) is 41.3 Å². The standard InChI is InChI=1S/C11H4F6N4O3S/c12-10(13,14)9(11(15,16)17)18-7(22)20-5-2-1-4(21(23)24)3-6(5)25-8(20)19-9/h1-3H,(H,18,22). The fourth-order valence-electron chi connectivity index (χ4n) is 2.21. The highest BCUT2D eigenvalue weighted by molar-refractivity contribution is 8.15. The second kappa shape index (κ2) is 5.00. The van der Waals surface area contributed by atoms with E-state index in [2.05, 4.69) is 4.99 Å². The van der Waals surface area contributed by atoms with Crippen molar-refractivity contribution < 1.29 is 36.1 Å². The van der Waals surface area contributed by atoms with Gasteiger partial charge in [-0.25, -0.2) is 14.7 Å². The normalized spacial score (nSPS) is 19.0. The van der Waals surface area contributed by atoms with E-state index in [0.29, 0.717) is 16.7 Å².